The third-order valence-electron chi connectivity index (χ3n) is 9.82. The van der Waals surface area contributed by atoms with Gasteiger partial charge in [0, 0.05) is 19.6 Å². The van der Waals surface area contributed by atoms with E-state index in [-0.39, 0.29) is 18.2 Å². The molecule has 2 fully saturated rings. The smallest absolute Gasteiger partial charge is 0.394 e. The fourth-order valence-corrected chi connectivity index (χ4v) is 6.43. The third-order valence-corrected chi connectivity index (χ3v) is 9.82. The number of rotatable bonds is 20. The number of hydrogen-bond donors (Lipinski definition) is 16. The summed E-state index contributed by atoms with van der Waals surface area (Å²) in [6.45, 7) is -7.83. The summed E-state index contributed by atoms with van der Waals surface area (Å²) in [6, 6.07) is 0.309. The molecule has 16 N–H and O–H groups in total. The van der Waals surface area contributed by atoms with Crippen molar-refractivity contribution in [3.63, 3.8) is 0 Å². The number of aliphatic hydroxyl groups is 16. The molecule has 2 aliphatic heterocycles. The van der Waals surface area contributed by atoms with Crippen LogP contribution in [-0.2, 0) is 37.8 Å². The van der Waals surface area contributed by atoms with Gasteiger partial charge in [0.2, 0.25) is 0 Å². The molecule has 60 heavy (non-hydrogen) atoms. The Morgan fingerprint density at radius 3 is 1.18 bits per heavy atom. The maximum Gasteiger partial charge on any atom is 0.416 e. The van der Waals surface area contributed by atoms with E-state index in [4.69, 9.17) is 18.9 Å². The number of halogens is 6. The van der Waals surface area contributed by atoms with Crippen LogP contribution in [0.4, 0.5) is 26.3 Å². The highest BCUT2D eigenvalue weighted by Gasteiger charge is 2.49. The van der Waals surface area contributed by atoms with Gasteiger partial charge in [-0.15, -0.1) is 0 Å². The average molecular weight is 896 g/mol. The van der Waals surface area contributed by atoms with Crippen LogP contribution in [0.15, 0.2) is 18.2 Å². The van der Waals surface area contributed by atoms with Crippen molar-refractivity contribution in [1.82, 2.24) is 4.90 Å². The number of ether oxygens (including phenoxy) is 4. The van der Waals surface area contributed by atoms with Gasteiger partial charge in [-0.05, 0) is 23.8 Å². The lowest BCUT2D eigenvalue weighted by molar-refractivity contribution is -0.327. The summed E-state index contributed by atoms with van der Waals surface area (Å²) in [4.78, 5) is 0.643. The number of hydrogen-bond acceptors (Lipinski definition) is 21. The average Bonchev–Trinajstić information content (AvgIpc) is 3.19. The summed E-state index contributed by atoms with van der Waals surface area (Å²) in [5, 5.41) is 165. The zero-order valence-corrected chi connectivity index (χ0v) is 31.1. The molecule has 21 nitrogen and oxygen atoms in total. The van der Waals surface area contributed by atoms with Gasteiger partial charge in [-0.3, -0.25) is 4.90 Å². The van der Waals surface area contributed by atoms with Gasteiger partial charge in [0.15, 0.2) is 12.6 Å². The maximum atomic E-state index is 13.7. The van der Waals surface area contributed by atoms with Crippen LogP contribution in [0.25, 0.3) is 0 Å². The van der Waals surface area contributed by atoms with Crippen molar-refractivity contribution in [1.29, 1.82) is 0 Å². The second-order valence-corrected chi connectivity index (χ2v) is 14.3. The van der Waals surface area contributed by atoms with Crippen molar-refractivity contribution in [2.45, 2.75) is 129 Å². The minimum atomic E-state index is -5.35. The second-order valence-electron chi connectivity index (χ2n) is 14.3. The van der Waals surface area contributed by atoms with Gasteiger partial charge in [-0.25, -0.2) is 0 Å². The molecule has 0 bridgehead atoms. The number of nitrogens with zero attached hydrogens (tertiary/aromatic N) is 1. The number of alkyl halides is 6. The van der Waals surface area contributed by atoms with Crippen molar-refractivity contribution >= 4 is 0 Å². The molecule has 350 valence electrons. The van der Waals surface area contributed by atoms with E-state index in [1.807, 2.05) is 0 Å². The van der Waals surface area contributed by atoms with Crippen LogP contribution in [0, 0.1) is 0 Å². The topological polar surface area (TPSA) is 364 Å². The predicted octanol–water partition coefficient (Wildman–Crippen LogP) is -6.95. The molecule has 0 radical (unpaired) electrons. The normalized spacial score (nSPS) is 32.2. The Balaban J connectivity index is 2.00. The first kappa shape index (κ1) is 52.3. The van der Waals surface area contributed by atoms with E-state index < -0.39 is 185 Å². The zero-order valence-electron chi connectivity index (χ0n) is 31.1. The lowest BCUT2D eigenvalue weighted by Gasteiger charge is -2.43. The fraction of sp³-hybridized carbons (Fsp3) is 0.818. The minimum absolute atomic E-state index is 0.209. The maximum absolute atomic E-state index is 13.7. The molecule has 0 amide bonds. The zero-order chi connectivity index (χ0) is 45.6. The van der Waals surface area contributed by atoms with E-state index in [0.717, 1.165) is 0 Å². The van der Waals surface area contributed by atoms with Gasteiger partial charge in [-0.1, -0.05) is 0 Å². The molecule has 0 aliphatic carbocycles. The minimum Gasteiger partial charge on any atom is -0.394 e. The molecule has 1 aromatic carbocycles. The molecular formula is C33H51F6NO20. The van der Waals surface area contributed by atoms with Gasteiger partial charge < -0.3 is 101 Å². The van der Waals surface area contributed by atoms with Gasteiger partial charge in [0.05, 0.1) is 49.8 Å². The third kappa shape index (κ3) is 13.0. The molecule has 18 unspecified atom stereocenters. The molecule has 1 aromatic rings. The highest BCUT2D eigenvalue weighted by atomic mass is 19.4. The predicted molar refractivity (Wildman–Crippen MR) is 179 cm³/mol. The first-order valence-corrected chi connectivity index (χ1v) is 18.0. The Kier molecular flexibility index (Phi) is 19.2. The Bertz CT molecular complexity index is 1350. The molecule has 2 heterocycles. The summed E-state index contributed by atoms with van der Waals surface area (Å²) in [5.41, 5.74) is -4.40. The molecule has 0 saturated carbocycles. The molecule has 27 heteroatoms. The molecule has 2 saturated heterocycles. The summed E-state index contributed by atoms with van der Waals surface area (Å²) in [6.07, 6.45) is -49.0. The van der Waals surface area contributed by atoms with E-state index in [0.29, 0.717) is 4.90 Å². The van der Waals surface area contributed by atoms with Gasteiger partial charge in [0.1, 0.15) is 85.5 Å². The summed E-state index contributed by atoms with van der Waals surface area (Å²) >= 11 is 0. The highest BCUT2D eigenvalue weighted by molar-refractivity contribution is 5.33. The van der Waals surface area contributed by atoms with Crippen molar-refractivity contribution in [3.05, 3.63) is 34.9 Å². The van der Waals surface area contributed by atoms with E-state index in [2.05, 4.69) is 0 Å². The van der Waals surface area contributed by atoms with Crippen molar-refractivity contribution in [2.75, 3.05) is 39.5 Å². The van der Waals surface area contributed by atoms with Crippen molar-refractivity contribution in [2.24, 2.45) is 0 Å². The SMILES string of the molecule is OCC(O)C(OC1OC(CO)C(O)C(O)C1O)C(O)C(O)CN(Cc1cc(C(F)(F)F)cc(C(F)(F)F)c1)CC(O)C(O)C(OC1OC(CO)C(O)C(O)C1O)C(O)CO. The van der Waals surface area contributed by atoms with Crippen molar-refractivity contribution in [3.8, 4) is 0 Å². The first-order valence-electron chi connectivity index (χ1n) is 18.0. The van der Waals surface area contributed by atoms with Gasteiger partial charge >= 0.3 is 12.4 Å². The van der Waals surface area contributed by atoms with Crippen LogP contribution in [0.5, 0.6) is 0 Å². The van der Waals surface area contributed by atoms with Crippen LogP contribution in [0.3, 0.4) is 0 Å². The molecule has 2 aliphatic rings. The largest absolute Gasteiger partial charge is 0.416 e. The van der Waals surface area contributed by atoms with Crippen LogP contribution in [0.1, 0.15) is 16.7 Å². The van der Waals surface area contributed by atoms with Crippen molar-refractivity contribution < 1.29 is 127 Å². The van der Waals surface area contributed by atoms with Crippen LogP contribution >= 0.6 is 0 Å². The lowest BCUT2D eigenvalue weighted by atomic mass is 9.97. The van der Waals surface area contributed by atoms with E-state index in [9.17, 15) is 108 Å². The standard InChI is InChI=1S/C33H51F6NO20/c34-32(35,36)12-1-11(2-13(3-12)33(37,38)39)4-40(5-14(45)20(49)28(16(47)7-41)59-30-26(55)24(53)22(51)18(9-43)57-30)6-15(46)21(50)29(17(48)8-42)60-31-27(56)25(54)23(52)19(10-44)58-31/h1-3,14-31,41-56H,4-10H2. The fourth-order valence-electron chi connectivity index (χ4n) is 6.43. The van der Waals surface area contributed by atoms with E-state index in [1.165, 1.54) is 0 Å². The first-order chi connectivity index (χ1) is 27.8. The Morgan fingerprint density at radius 1 is 0.533 bits per heavy atom. The summed E-state index contributed by atoms with van der Waals surface area (Å²) < 4.78 is 103. The molecular weight excluding hydrogens is 844 g/mol. The molecule has 0 aromatic heterocycles. The Hall–Kier alpha value is -2.04. The molecule has 3 rings (SSSR count). The van der Waals surface area contributed by atoms with E-state index >= 15 is 0 Å². The number of benzene rings is 1. The Labute approximate surface area is 335 Å². The van der Waals surface area contributed by atoms with Crippen LogP contribution in [-0.4, -0.2) is 236 Å². The highest BCUT2D eigenvalue weighted by Crippen LogP contribution is 2.37. The Morgan fingerprint density at radius 2 is 0.883 bits per heavy atom. The van der Waals surface area contributed by atoms with Gasteiger partial charge in [0.25, 0.3) is 0 Å². The summed E-state index contributed by atoms with van der Waals surface area (Å²) in [5.74, 6) is 0. The quantitative estimate of drug-likeness (QED) is 0.0541. The second kappa shape index (κ2) is 22.0. The monoisotopic (exact) mass is 895 g/mol. The van der Waals surface area contributed by atoms with Crippen LogP contribution < -0.4 is 0 Å². The molecule has 18 atom stereocenters. The lowest BCUT2D eigenvalue weighted by Crippen LogP contribution is -2.62. The van der Waals surface area contributed by atoms with Gasteiger partial charge in [-0.2, -0.15) is 26.3 Å². The number of aliphatic hydroxyl groups excluding tert-OH is 16. The summed E-state index contributed by atoms with van der Waals surface area (Å²) in [7, 11) is 0. The molecule has 0 spiro atoms. The van der Waals surface area contributed by atoms with Crippen LogP contribution in [0.2, 0.25) is 0 Å². The van der Waals surface area contributed by atoms with E-state index in [1.54, 1.807) is 0 Å².